The molecule has 1 aromatic carbocycles. The van der Waals surface area contributed by atoms with Crippen LogP contribution >= 0.6 is 0 Å². The van der Waals surface area contributed by atoms with Gasteiger partial charge in [-0.05, 0) is 54.5 Å². The molecule has 21 heavy (non-hydrogen) atoms. The Morgan fingerprint density at radius 1 is 1.43 bits per heavy atom. The van der Waals surface area contributed by atoms with Crippen molar-refractivity contribution in [2.45, 2.75) is 33.2 Å². The lowest BCUT2D eigenvalue weighted by Crippen LogP contribution is -2.33. The number of carbonyl (C=O) groups excluding carboxylic acids is 1. The maximum absolute atomic E-state index is 11.8. The molecule has 1 aromatic heterocycles. The van der Waals surface area contributed by atoms with Crippen molar-refractivity contribution in [3.05, 3.63) is 30.1 Å². The van der Waals surface area contributed by atoms with Gasteiger partial charge in [0.05, 0.1) is 12.2 Å². The predicted octanol–water partition coefficient (Wildman–Crippen LogP) is 1.30. The molecule has 0 aliphatic heterocycles. The second kappa shape index (κ2) is 6.94. The summed E-state index contributed by atoms with van der Waals surface area (Å²) in [6.45, 7) is 6.39. The number of hydrogen-bond acceptors (Lipinski definition) is 5. The van der Waals surface area contributed by atoms with Gasteiger partial charge in [0.25, 0.3) is 0 Å². The fourth-order valence-electron chi connectivity index (χ4n) is 1.88. The highest BCUT2D eigenvalue weighted by Gasteiger charge is 2.07. The minimum Gasteiger partial charge on any atom is -0.325 e. The first-order valence-corrected chi connectivity index (χ1v) is 6.97. The number of amides is 1. The van der Waals surface area contributed by atoms with Crippen molar-refractivity contribution >= 4 is 11.6 Å². The van der Waals surface area contributed by atoms with E-state index in [2.05, 4.69) is 40.0 Å². The molecule has 112 valence electrons. The number of anilines is 1. The average molecular weight is 288 g/mol. The molecular formula is C14H20N6O. The van der Waals surface area contributed by atoms with Crippen molar-refractivity contribution in [2.75, 3.05) is 11.9 Å². The number of carbonyl (C=O) groups is 1. The molecule has 0 saturated carbocycles. The first-order chi connectivity index (χ1) is 10.1. The molecule has 1 atom stereocenters. The Balaban J connectivity index is 1.99. The van der Waals surface area contributed by atoms with Gasteiger partial charge in [0.1, 0.15) is 6.33 Å². The number of rotatable bonds is 6. The van der Waals surface area contributed by atoms with Gasteiger partial charge in [-0.1, -0.05) is 6.92 Å². The molecule has 0 bridgehead atoms. The fourth-order valence-corrected chi connectivity index (χ4v) is 1.88. The highest BCUT2D eigenvalue weighted by molar-refractivity contribution is 5.92. The molecule has 0 spiro atoms. The third-order valence-corrected chi connectivity index (χ3v) is 3.30. The molecule has 1 unspecified atom stereocenters. The van der Waals surface area contributed by atoms with Gasteiger partial charge >= 0.3 is 0 Å². The highest BCUT2D eigenvalue weighted by atomic mass is 16.1. The summed E-state index contributed by atoms with van der Waals surface area (Å²) in [4.78, 5) is 11.8. The molecule has 2 rings (SSSR count). The Kier molecular flexibility index (Phi) is 4.99. The van der Waals surface area contributed by atoms with Crippen LogP contribution in [0.5, 0.6) is 0 Å². The first-order valence-electron chi connectivity index (χ1n) is 6.97. The van der Waals surface area contributed by atoms with E-state index in [4.69, 9.17) is 0 Å². The van der Waals surface area contributed by atoms with Gasteiger partial charge in [-0.25, -0.2) is 4.68 Å². The summed E-state index contributed by atoms with van der Waals surface area (Å²) in [5.41, 5.74) is 2.63. The molecule has 2 aromatic rings. The Hall–Kier alpha value is -2.28. The Labute approximate surface area is 123 Å². The van der Waals surface area contributed by atoms with E-state index in [0.29, 0.717) is 12.6 Å². The van der Waals surface area contributed by atoms with Crippen LogP contribution in [-0.2, 0) is 4.79 Å². The normalized spacial score (nSPS) is 12.1. The zero-order chi connectivity index (χ0) is 15.2. The Bertz CT molecular complexity index is 596. The number of aromatic nitrogens is 4. The summed E-state index contributed by atoms with van der Waals surface area (Å²) in [6.07, 6.45) is 2.53. The lowest BCUT2D eigenvalue weighted by molar-refractivity contribution is -0.115. The molecule has 2 N–H and O–H groups in total. The van der Waals surface area contributed by atoms with Gasteiger partial charge in [-0.2, -0.15) is 0 Å². The van der Waals surface area contributed by atoms with Gasteiger partial charge in [0.2, 0.25) is 5.91 Å². The summed E-state index contributed by atoms with van der Waals surface area (Å²) in [5.74, 6) is -0.0510. The summed E-state index contributed by atoms with van der Waals surface area (Å²) in [7, 11) is 0. The van der Waals surface area contributed by atoms with Crippen molar-refractivity contribution in [2.24, 2.45) is 0 Å². The number of nitrogens with one attached hydrogen (secondary N) is 2. The Morgan fingerprint density at radius 3 is 2.86 bits per heavy atom. The minimum absolute atomic E-state index is 0.0510. The number of aryl methyl sites for hydroxylation is 1. The Morgan fingerprint density at radius 2 is 2.24 bits per heavy atom. The molecule has 0 aliphatic carbocycles. The molecular weight excluding hydrogens is 268 g/mol. The smallest absolute Gasteiger partial charge is 0.238 e. The van der Waals surface area contributed by atoms with E-state index in [-0.39, 0.29) is 5.91 Å². The van der Waals surface area contributed by atoms with E-state index in [1.54, 1.807) is 4.68 Å². The summed E-state index contributed by atoms with van der Waals surface area (Å²) in [6, 6.07) is 5.95. The lowest BCUT2D eigenvalue weighted by Gasteiger charge is -2.12. The number of benzene rings is 1. The third kappa shape index (κ3) is 4.09. The van der Waals surface area contributed by atoms with Crippen molar-refractivity contribution in [3.8, 4) is 5.69 Å². The van der Waals surface area contributed by atoms with Crippen LogP contribution in [0.15, 0.2) is 24.5 Å². The van der Waals surface area contributed by atoms with Crippen molar-refractivity contribution in [3.63, 3.8) is 0 Å². The van der Waals surface area contributed by atoms with Crippen LogP contribution in [0, 0.1) is 6.92 Å². The molecule has 0 saturated heterocycles. The molecule has 1 amide bonds. The highest BCUT2D eigenvalue weighted by Crippen LogP contribution is 2.17. The number of tetrazole rings is 1. The van der Waals surface area contributed by atoms with Crippen LogP contribution in [-0.4, -0.2) is 38.7 Å². The van der Waals surface area contributed by atoms with Crippen LogP contribution in [0.4, 0.5) is 5.69 Å². The molecule has 0 fully saturated rings. The lowest BCUT2D eigenvalue weighted by atomic mass is 10.2. The predicted molar refractivity (Wildman–Crippen MR) is 80.3 cm³/mol. The van der Waals surface area contributed by atoms with Gasteiger partial charge in [-0.15, -0.1) is 5.10 Å². The van der Waals surface area contributed by atoms with Crippen LogP contribution in [0.3, 0.4) is 0 Å². The van der Waals surface area contributed by atoms with Crippen LogP contribution in [0.1, 0.15) is 25.8 Å². The standard InChI is InChI=1S/C14H20N6O/c1-4-11(3)15-8-14(21)17-12-5-6-13(10(2)7-12)20-9-16-18-19-20/h5-7,9,11,15H,4,8H2,1-3H3,(H,17,21). The summed E-state index contributed by atoms with van der Waals surface area (Å²) in [5, 5.41) is 17.1. The molecule has 7 heteroatoms. The molecule has 7 nitrogen and oxygen atoms in total. The van der Waals surface area contributed by atoms with Crippen LogP contribution < -0.4 is 10.6 Å². The topological polar surface area (TPSA) is 84.7 Å². The number of nitrogens with zero attached hydrogens (tertiary/aromatic N) is 4. The zero-order valence-corrected chi connectivity index (χ0v) is 12.5. The van der Waals surface area contributed by atoms with Crippen LogP contribution in [0.2, 0.25) is 0 Å². The summed E-state index contributed by atoms with van der Waals surface area (Å²) >= 11 is 0. The van der Waals surface area contributed by atoms with Gasteiger partial charge in [0.15, 0.2) is 0 Å². The average Bonchev–Trinajstić information content (AvgIpc) is 2.98. The quantitative estimate of drug-likeness (QED) is 0.837. The van der Waals surface area contributed by atoms with E-state index in [0.717, 1.165) is 23.4 Å². The molecule has 0 radical (unpaired) electrons. The van der Waals surface area contributed by atoms with Crippen molar-refractivity contribution in [1.29, 1.82) is 0 Å². The minimum atomic E-state index is -0.0510. The number of hydrogen-bond donors (Lipinski definition) is 2. The van der Waals surface area contributed by atoms with E-state index in [1.165, 1.54) is 6.33 Å². The van der Waals surface area contributed by atoms with E-state index >= 15 is 0 Å². The zero-order valence-electron chi connectivity index (χ0n) is 12.5. The van der Waals surface area contributed by atoms with Gasteiger partial charge in [-0.3, -0.25) is 4.79 Å². The third-order valence-electron chi connectivity index (χ3n) is 3.30. The van der Waals surface area contributed by atoms with Crippen molar-refractivity contribution in [1.82, 2.24) is 25.5 Å². The van der Waals surface area contributed by atoms with Gasteiger partial charge < -0.3 is 10.6 Å². The fraction of sp³-hybridized carbons (Fsp3) is 0.429. The maximum Gasteiger partial charge on any atom is 0.238 e. The SMILES string of the molecule is CCC(C)NCC(=O)Nc1ccc(-n2cnnn2)c(C)c1. The van der Waals surface area contributed by atoms with Crippen molar-refractivity contribution < 1.29 is 4.79 Å². The first kappa shape index (κ1) is 15.1. The molecule has 1 heterocycles. The second-order valence-corrected chi connectivity index (χ2v) is 4.99. The second-order valence-electron chi connectivity index (χ2n) is 4.99. The van der Waals surface area contributed by atoms with Gasteiger partial charge in [0, 0.05) is 11.7 Å². The van der Waals surface area contributed by atoms with Crippen LogP contribution in [0.25, 0.3) is 5.69 Å². The maximum atomic E-state index is 11.8. The molecule has 0 aliphatic rings. The van der Waals surface area contributed by atoms with E-state index < -0.39 is 0 Å². The largest absolute Gasteiger partial charge is 0.325 e. The van der Waals surface area contributed by atoms with E-state index in [1.807, 2.05) is 25.1 Å². The van der Waals surface area contributed by atoms with E-state index in [9.17, 15) is 4.79 Å². The monoisotopic (exact) mass is 288 g/mol. The summed E-state index contributed by atoms with van der Waals surface area (Å²) < 4.78 is 1.59.